The van der Waals surface area contributed by atoms with E-state index in [4.69, 9.17) is 14.6 Å². The lowest BCUT2D eigenvalue weighted by Gasteiger charge is -2.33. The molecule has 0 spiro atoms. The number of hydrogen-bond acceptors (Lipinski definition) is 5. The number of anilines is 1. The molecule has 1 aliphatic heterocycles. The Kier molecular flexibility index (Phi) is 6.68. The fourth-order valence-corrected chi connectivity index (χ4v) is 2.84. The van der Waals surface area contributed by atoms with E-state index >= 15 is 0 Å². The maximum Gasteiger partial charge on any atom is 0.417 e. The van der Waals surface area contributed by atoms with Gasteiger partial charge in [0.2, 0.25) is 0 Å². The van der Waals surface area contributed by atoms with Crippen molar-refractivity contribution < 1.29 is 37.4 Å². The van der Waals surface area contributed by atoms with Gasteiger partial charge in [0.05, 0.1) is 17.5 Å². The molecule has 0 aliphatic carbocycles. The Morgan fingerprint density at radius 1 is 1.21 bits per heavy atom. The van der Waals surface area contributed by atoms with E-state index in [9.17, 15) is 22.8 Å². The number of carbonyl (C=O) groups is 2. The molecule has 1 fully saturated rings. The highest BCUT2D eigenvalue weighted by atomic mass is 19.4. The molecule has 0 saturated carbocycles. The Morgan fingerprint density at radius 2 is 1.86 bits per heavy atom. The van der Waals surface area contributed by atoms with Crippen LogP contribution in [0, 0.1) is 0 Å². The van der Waals surface area contributed by atoms with Gasteiger partial charge in [0, 0.05) is 43.2 Å². The highest BCUT2D eigenvalue weighted by Crippen LogP contribution is 2.39. The standard InChI is InChI=1S/C14H15F3N2O.C4H4O4/c1-9-8-19(6-5-18-9)12-3-2-11(14(15,16)17)10-4-7-20-13(10)12;5-3(6)1-2-4(7)8/h2-4,7,9,18H,5-6,8H2,1H3;1-2H,(H,5,6)(H,7,8)/t9-;/m0./s1. The summed E-state index contributed by atoms with van der Waals surface area (Å²) in [5, 5.41) is 19.1. The molecule has 0 bridgehead atoms. The topological polar surface area (TPSA) is 103 Å². The largest absolute Gasteiger partial charge is 0.478 e. The summed E-state index contributed by atoms with van der Waals surface area (Å²) in [6, 6.07) is 4.33. The first-order valence-corrected chi connectivity index (χ1v) is 8.29. The van der Waals surface area contributed by atoms with Gasteiger partial charge in [0.25, 0.3) is 0 Å². The van der Waals surface area contributed by atoms with Crippen molar-refractivity contribution in [1.82, 2.24) is 5.32 Å². The fourth-order valence-electron chi connectivity index (χ4n) is 2.84. The minimum absolute atomic E-state index is 0.126. The highest BCUT2D eigenvalue weighted by molar-refractivity contribution is 5.92. The lowest BCUT2D eigenvalue weighted by Crippen LogP contribution is -2.49. The van der Waals surface area contributed by atoms with Crippen LogP contribution in [-0.2, 0) is 15.8 Å². The monoisotopic (exact) mass is 400 g/mol. The van der Waals surface area contributed by atoms with Gasteiger partial charge in [-0.05, 0) is 25.1 Å². The molecule has 1 aromatic carbocycles. The maximum atomic E-state index is 13.0. The predicted octanol–water partition coefficient (Wildman–Crippen LogP) is 2.96. The summed E-state index contributed by atoms with van der Waals surface area (Å²) in [6.07, 6.45) is -1.93. The van der Waals surface area contributed by atoms with Crippen LogP contribution in [0.15, 0.2) is 41.0 Å². The van der Waals surface area contributed by atoms with E-state index in [1.165, 1.54) is 18.4 Å². The summed E-state index contributed by atoms with van der Waals surface area (Å²) in [5.74, 6) is -2.51. The summed E-state index contributed by atoms with van der Waals surface area (Å²) < 4.78 is 44.2. The third-order valence-electron chi connectivity index (χ3n) is 3.98. The van der Waals surface area contributed by atoms with Gasteiger partial charge in [0.1, 0.15) is 0 Å². The molecule has 0 unspecified atom stereocenters. The first-order chi connectivity index (χ1) is 13.1. The van der Waals surface area contributed by atoms with Gasteiger partial charge >= 0.3 is 18.1 Å². The number of hydrogen-bond donors (Lipinski definition) is 3. The Bertz CT molecular complexity index is 860. The SMILES string of the molecule is C[C@H]1CN(c2ccc(C(F)(F)F)c3ccoc23)CCN1.O=C(O)C=CC(=O)O. The molecule has 1 saturated heterocycles. The number of alkyl halides is 3. The Hall–Kier alpha value is -3.01. The molecular weight excluding hydrogens is 381 g/mol. The van der Waals surface area contributed by atoms with Crippen LogP contribution in [0.4, 0.5) is 18.9 Å². The van der Waals surface area contributed by atoms with Crippen molar-refractivity contribution in [2.45, 2.75) is 19.1 Å². The number of nitrogens with zero attached hydrogens (tertiary/aromatic N) is 1. The summed E-state index contributed by atoms with van der Waals surface area (Å²) in [5.41, 5.74) is 0.397. The number of halogens is 3. The predicted molar refractivity (Wildman–Crippen MR) is 95.3 cm³/mol. The molecule has 2 aromatic rings. The van der Waals surface area contributed by atoms with Crippen molar-refractivity contribution in [3.63, 3.8) is 0 Å². The quantitative estimate of drug-likeness (QED) is 0.681. The second kappa shape index (κ2) is 8.79. The first-order valence-electron chi connectivity index (χ1n) is 8.29. The zero-order valence-electron chi connectivity index (χ0n) is 14.9. The molecule has 3 rings (SSSR count). The van der Waals surface area contributed by atoms with E-state index in [1.807, 2.05) is 0 Å². The van der Waals surface area contributed by atoms with Crippen LogP contribution in [0.25, 0.3) is 11.0 Å². The van der Waals surface area contributed by atoms with E-state index in [2.05, 4.69) is 17.1 Å². The second-order valence-corrected chi connectivity index (χ2v) is 6.10. The normalized spacial score (nSPS) is 17.4. The van der Waals surface area contributed by atoms with Crippen LogP contribution in [0.2, 0.25) is 0 Å². The van der Waals surface area contributed by atoms with Crippen LogP contribution in [0.3, 0.4) is 0 Å². The van der Waals surface area contributed by atoms with Gasteiger partial charge in [-0.15, -0.1) is 0 Å². The molecule has 1 aromatic heterocycles. The molecule has 3 N–H and O–H groups in total. The van der Waals surface area contributed by atoms with Gasteiger partial charge in [0.15, 0.2) is 5.58 Å². The minimum Gasteiger partial charge on any atom is -0.478 e. The molecule has 0 radical (unpaired) electrons. The summed E-state index contributed by atoms with van der Waals surface area (Å²) >= 11 is 0. The summed E-state index contributed by atoms with van der Waals surface area (Å²) in [4.78, 5) is 21.2. The zero-order valence-corrected chi connectivity index (χ0v) is 14.9. The van der Waals surface area contributed by atoms with Crippen LogP contribution >= 0.6 is 0 Å². The molecule has 7 nitrogen and oxygen atoms in total. The van der Waals surface area contributed by atoms with Crippen LogP contribution in [0.5, 0.6) is 0 Å². The first kappa shape index (κ1) is 21.3. The number of fused-ring (bicyclic) bond motifs is 1. The lowest BCUT2D eigenvalue weighted by molar-refractivity contribution is -0.136. The average molecular weight is 400 g/mol. The minimum atomic E-state index is -4.36. The number of benzene rings is 1. The smallest absolute Gasteiger partial charge is 0.417 e. The van der Waals surface area contributed by atoms with Crippen LogP contribution in [0.1, 0.15) is 12.5 Å². The highest BCUT2D eigenvalue weighted by Gasteiger charge is 2.34. The van der Waals surface area contributed by atoms with Gasteiger partial charge in [-0.25, -0.2) is 9.59 Å². The maximum absolute atomic E-state index is 13.0. The van der Waals surface area contributed by atoms with E-state index < -0.39 is 23.7 Å². The molecule has 10 heteroatoms. The number of rotatable bonds is 3. The van der Waals surface area contributed by atoms with Crippen molar-refractivity contribution in [2.75, 3.05) is 24.5 Å². The molecular formula is C18H19F3N2O5. The van der Waals surface area contributed by atoms with Crippen LogP contribution < -0.4 is 10.2 Å². The summed E-state index contributed by atoms with van der Waals surface area (Å²) in [6.45, 7) is 4.37. The number of furan rings is 1. The third-order valence-corrected chi connectivity index (χ3v) is 3.98. The molecule has 1 aliphatic rings. The van der Waals surface area contributed by atoms with Crippen molar-refractivity contribution in [3.8, 4) is 0 Å². The Labute approximate surface area is 158 Å². The molecule has 0 amide bonds. The number of carboxylic acid groups (broad SMARTS) is 2. The van der Waals surface area contributed by atoms with Gasteiger partial charge in [-0.2, -0.15) is 13.2 Å². The van der Waals surface area contributed by atoms with Crippen molar-refractivity contribution in [1.29, 1.82) is 0 Å². The average Bonchev–Trinajstić information content (AvgIpc) is 3.08. The van der Waals surface area contributed by atoms with Gasteiger partial charge < -0.3 is 24.8 Å². The fraction of sp³-hybridized carbons (Fsp3) is 0.333. The van der Waals surface area contributed by atoms with E-state index in [0.717, 1.165) is 31.4 Å². The molecule has 1 atom stereocenters. The number of carboxylic acids is 2. The Balaban J connectivity index is 0.000000300. The lowest BCUT2D eigenvalue weighted by atomic mass is 10.1. The van der Waals surface area contributed by atoms with Gasteiger partial charge in [-0.3, -0.25) is 0 Å². The molecule has 2 heterocycles. The molecule has 152 valence electrons. The van der Waals surface area contributed by atoms with E-state index in [1.54, 1.807) is 0 Å². The van der Waals surface area contributed by atoms with Crippen molar-refractivity contribution >= 4 is 28.6 Å². The summed E-state index contributed by atoms with van der Waals surface area (Å²) in [7, 11) is 0. The number of nitrogens with one attached hydrogen (secondary N) is 1. The number of piperazine rings is 1. The second-order valence-electron chi connectivity index (χ2n) is 6.10. The molecule has 28 heavy (non-hydrogen) atoms. The zero-order chi connectivity index (χ0) is 20.9. The van der Waals surface area contributed by atoms with E-state index in [-0.39, 0.29) is 5.39 Å². The number of aliphatic carboxylic acids is 2. The van der Waals surface area contributed by atoms with Crippen molar-refractivity contribution in [3.05, 3.63) is 42.2 Å². The van der Waals surface area contributed by atoms with Crippen molar-refractivity contribution in [2.24, 2.45) is 0 Å². The Morgan fingerprint density at radius 3 is 2.39 bits per heavy atom. The van der Waals surface area contributed by atoms with Gasteiger partial charge in [-0.1, -0.05) is 0 Å². The third kappa shape index (κ3) is 5.49. The van der Waals surface area contributed by atoms with Crippen LogP contribution in [-0.4, -0.2) is 47.8 Å². The van der Waals surface area contributed by atoms with E-state index in [0.29, 0.717) is 23.8 Å².